The standard InChI is InChI=1S/C15H22N2O.ClH/c1-11-6-8-13(9-7-11)14-5-3-4-10-17(14)15(18)12(2)16;/h6-9,12,14H,3-5,10,16H2,1-2H3;1H/t12-,14?;/m1./s1. The van der Waals surface area contributed by atoms with Crippen LogP contribution in [0.2, 0.25) is 0 Å². The largest absolute Gasteiger partial charge is 0.334 e. The van der Waals surface area contributed by atoms with Gasteiger partial charge in [0.1, 0.15) is 0 Å². The van der Waals surface area contributed by atoms with Gasteiger partial charge in [-0.3, -0.25) is 4.79 Å². The molecule has 0 aliphatic carbocycles. The number of nitrogens with zero attached hydrogens (tertiary/aromatic N) is 1. The van der Waals surface area contributed by atoms with Gasteiger partial charge in [-0.25, -0.2) is 0 Å². The number of nitrogens with two attached hydrogens (primary N) is 1. The molecule has 4 heteroatoms. The number of rotatable bonds is 2. The summed E-state index contributed by atoms with van der Waals surface area (Å²) in [5.41, 5.74) is 8.22. The minimum atomic E-state index is -0.406. The fraction of sp³-hybridized carbons (Fsp3) is 0.533. The Morgan fingerprint density at radius 3 is 2.53 bits per heavy atom. The van der Waals surface area contributed by atoms with Crippen molar-refractivity contribution < 1.29 is 4.79 Å². The average Bonchev–Trinajstić information content (AvgIpc) is 2.39. The molecule has 0 saturated carbocycles. The molecule has 1 aliphatic rings. The second-order valence-electron chi connectivity index (χ2n) is 5.24. The van der Waals surface area contributed by atoms with Crippen LogP contribution in [0.15, 0.2) is 24.3 Å². The zero-order chi connectivity index (χ0) is 13.1. The van der Waals surface area contributed by atoms with Crippen molar-refractivity contribution in [2.75, 3.05) is 6.54 Å². The summed E-state index contributed by atoms with van der Waals surface area (Å²) < 4.78 is 0. The Morgan fingerprint density at radius 2 is 1.95 bits per heavy atom. The maximum Gasteiger partial charge on any atom is 0.239 e. The van der Waals surface area contributed by atoms with Gasteiger partial charge < -0.3 is 10.6 Å². The highest BCUT2D eigenvalue weighted by molar-refractivity contribution is 5.85. The normalized spacial score (nSPS) is 20.6. The molecule has 1 aromatic rings. The summed E-state index contributed by atoms with van der Waals surface area (Å²) in [7, 11) is 0. The third-order valence-corrected chi connectivity index (χ3v) is 3.64. The first-order chi connectivity index (χ1) is 8.59. The number of hydrogen-bond acceptors (Lipinski definition) is 2. The first-order valence-electron chi connectivity index (χ1n) is 6.72. The van der Waals surface area contributed by atoms with Crippen LogP contribution in [0.4, 0.5) is 0 Å². The van der Waals surface area contributed by atoms with Crippen molar-refractivity contribution in [3.8, 4) is 0 Å². The number of amides is 1. The van der Waals surface area contributed by atoms with Crippen molar-refractivity contribution in [2.24, 2.45) is 5.73 Å². The monoisotopic (exact) mass is 282 g/mol. The second kappa shape index (κ2) is 6.92. The van der Waals surface area contributed by atoms with E-state index in [1.165, 1.54) is 17.5 Å². The van der Waals surface area contributed by atoms with Crippen LogP contribution in [0.3, 0.4) is 0 Å². The lowest BCUT2D eigenvalue weighted by Gasteiger charge is -2.37. The number of hydrogen-bond donors (Lipinski definition) is 1. The molecular weight excluding hydrogens is 260 g/mol. The van der Waals surface area contributed by atoms with E-state index in [1.54, 1.807) is 6.92 Å². The summed E-state index contributed by atoms with van der Waals surface area (Å²) in [6.07, 6.45) is 3.31. The maximum atomic E-state index is 12.1. The Balaban J connectivity index is 0.00000180. The van der Waals surface area contributed by atoms with E-state index in [2.05, 4.69) is 31.2 Å². The van der Waals surface area contributed by atoms with Crippen molar-refractivity contribution in [3.05, 3.63) is 35.4 Å². The summed E-state index contributed by atoms with van der Waals surface area (Å²) in [5, 5.41) is 0. The van der Waals surface area contributed by atoms with E-state index in [-0.39, 0.29) is 24.4 Å². The molecule has 3 nitrogen and oxygen atoms in total. The van der Waals surface area contributed by atoms with Gasteiger partial charge in [0.2, 0.25) is 5.91 Å². The number of aryl methyl sites for hydroxylation is 1. The van der Waals surface area contributed by atoms with Gasteiger partial charge in [0.15, 0.2) is 0 Å². The SMILES string of the molecule is Cc1ccc(C2CCCCN2C(=O)[C@@H](C)N)cc1.Cl. The summed E-state index contributed by atoms with van der Waals surface area (Å²) >= 11 is 0. The van der Waals surface area contributed by atoms with Gasteiger partial charge in [0.05, 0.1) is 12.1 Å². The lowest BCUT2D eigenvalue weighted by Crippen LogP contribution is -2.46. The predicted molar refractivity (Wildman–Crippen MR) is 80.4 cm³/mol. The van der Waals surface area contributed by atoms with Crippen molar-refractivity contribution in [2.45, 2.75) is 45.2 Å². The third kappa shape index (κ3) is 3.71. The van der Waals surface area contributed by atoms with Crippen LogP contribution in [-0.4, -0.2) is 23.4 Å². The highest BCUT2D eigenvalue weighted by atomic mass is 35.5. The van der Waals surface area contributed by atoms with Crippen LogP contribution in [0.25, 0.3) is 0 Å². The van der Waals surface area contributed by atoms with E-state index < -0.39 is 6.04 Å². The first-order valence-corrected chi connectivity index (χ1v) is 6.72. The molecule has 1 aromatic carbocycles. The Hall–Kier alpha value is -1.06. The molecule has 1 unspecified atom stereocenters. The molecule has 0 bridgehead atoms. The van der Waals surface area contributed by atoms with Gasteiger partial charge in [0.25, 0.3) is 0 Å². The first kappa shape index (κ1) is 16.0. The quantitative estimate of drug-likeness (QED) is 0.907. The summed E-state index contributed by atoms with van der Waals surface area (Å²) in [4.78, 5) is 14.1. The van der Waals surface area contributed by atoms with Crippen LogP contribution in [0.1, 0.15) is 43.4 Å². The van der Waals surface area contributed by atoms with Crippen molar-refractivity contribution >= 4 is 18.3 Å². The Bertz CT molecular complexity index is 417. The molecule has 0 spiro atoms. The molecule has 1 heterocycles. The summed E-state index contributed by atoms with van der Waals surface area (Å²) in [6.45, 7) is 4.68. The zero-order valence-corrected chi connectivity index (χ0v) is 12.5. The zero-order valence-electron chi connectivity index (χ0n) is 11.6. The van der Waals surface area contributed by atoms with Gasteiger partial charge in [-0.15, -0.1) is 12.4 Å². The third-order valence-electron chi connectivity index (χ3n) is 3.64. The second-order valence-corrected chi connectivity index (χ2v) is 5.24. The highest BCUT2D eigenvalue weighted by Crippen LogP contribution is 2.31. The van der Waals surface area contributed by atoms with Crippen LogP contribution in [0, 0.1) is 6.92 Å². The van der Waals surface area contributed by atoms with Gasteiger partial charge in [0, 0.05) is 6.54 Å². The Kier molecular flexibility index (Phi) is 5.83. The smallest absolute Gasteiger partial charge is 0.239 e. The molecule has 2 N–H and O–H groups in total. The highest BCUT2D eigenvalue weighted by Gasteiger charge is 2.29. The molecule has 2 rings (SSSR count). The molecule has 106 valence electrons. The van der Waals surface area contributed by atoms with Crippen LogP contribution >= 0.6 is 12.4 Å². The lowest BCUT2D eigenvalue weighted by molar-refractivity contribution is -0.136. The van der Waals surface area contributed by atoms with Crippen LogP contribution in [0.5, 0.6) is 0 Å². The number of halogens is 1. The van der Waals surface area contributed by atoms with Crippen molar-refractivity contribution in [1.82, 2.24) is 4.90 Å². The van der Waals surface area contributed by atoms with E-state index in [9.17, 15) is 4.79 Å². The van der Waals surface area contributed by atoms with Crippen LogP contribution in [-0.2, 0) is 4.79 Å². The fourth-order valence-electron chi connectivity index (χ4n) is 2.59. The predicted octanol–water partition coefficient (Wildman–Crippen LogP) is 2.82. The molecule has 1 aliphatic heterocycles. The topological polar surface area (TPSA) is 46.3 Å². The van der Waals surface area contributed by atoms with E-state index in [1.807, 2.05) is 4.90 Å². The number of piperidine rings is 1. The van der Waals surface area contributed by atoms with E-state index >= 15 is 0 Å². The number of benzene rings is 1. The van der Waals surface area contributed by atoms with Crippen molar-refractivity contribution in [3.63, 3.8) is 0 Å². The minimum Gasteiger partial charge on any atom is -0.334 e. The van der Waals surface area contributed by atoms with E-state index in [0.717, 1.165) is 19.4 Å². The van der Waals surface area contributed by atoms with Gasteiger partial charge >= 0.3 is 0 Å². The maximum absolute atomic E-state index is 12.1. The Morgan fingerprint density at radius 1 is 1.32 bits per heavy atom. The molecular formula is C15H23ClN2O. The average molecular weight is 283 g/mol. The molecule has 0 radical (unpaired) electrons. The van der Waals surface area contributed by atoms with Crippen LogP contribution < -0.4 is 5.73 Å². The molecule has 19 heavy (non-hydrogen) atoms. The van der Waals surface area contributed by atoms with Gasteiger partial charge in [-0.1, -0.05) is 29.8 Å². The summed E-state index contributed by atoms with van der Waals surface area (Å²) in [6, 6.07) is 8.28. The minimum absolute atomic E-state index is 0. The van der Waals surface area contributed by atoms with Gasteiger partial charge in [-0.05, 0) is 38.7 Å². The fourth-order valence-corrected chi connectivity index (χ4v) is 2.59. The molecule has 1 fully saturated rings. The van der Waals surface area contributed by atoms with Crippen molar-refractivity contribution in [1.29, 1.82) is 0 Å². The lowest BCUT2D eigenvalue weighted by atomic mass is 9.94. The number of carbonyl (C=O) groups excluding carboxylic acids is 1. The Labute approximate surface area is 121 Å². The van der Waals surface area contributed by atoms with E-state index in [4.69, 9.17) is 5.73 Å². The molecule has 1 amide bonds. The molecule has 0 aromatic heterocycles. The summed E-state index contributed by atoms with van der Waals surface area (Å²) in [5.74, 6) is 0.0697. The number of carbonyl (C=O) groups is 1. The number of likely N-dealkylation sites (tertiary alicyclic amines) is 1. The molecule has 1 saturated heterocycles. The molecule has 2 atom stereocenters. The van der Waals surface area contributed by atoms with E-state index in [0.29, 0.717) is 0 Å². The van der Waals surface area contributed by atoms with Gasteiger partial charge in [-0.2, -0.15) is 0 Å².